The highest BCUT2D eigenvalue weighted by molar-refractivity contribution is 7.89. The van der Waals surface area contributed by atoms with Crippen molar-refractivity contribution in [1.29, 1.82) is 5.26 Å². The molecule has 0 aliphatic carbocycles. The van der Waals surface area contributed by atoms with Crippen molar-refractivity contribution in [3.63, 3.8) is 0 Å². The number of carboxylic acid groups (broad SMARTS) is 1. The molecule has 0 saturated carbocycles. The number of nitriles is 1. The van der Waals surface area contributed by atoms with Crippen molar-refractivity contribution in [3.05, 3.63) is 29.8 Å². The second-order valence-corrected chi connectivity index (χ2v) is 5.72. The van der Waals surface area contributed by atoms with Crippen LogP contribution in [0.2, 0.25) is 0 Å². The predicted molar refractivity (Wildman–Crippen MR) is 67.8 cm³/mol. The smallest absolute Gasteiger partial charge is 0.304 e. The summed E-state index contributed by atoms with van der Waals surface area (Å²) in [7, 11) is -3.76. The van der Waals surface area contributed by atoms with Gasteiger partial charge in [-0.1, -0.05) is 13.0 Å². The molecular formula is C12H14N2O4S. The number of carboxylic acids is 1. The van der Waals surface area contributed by atoms with Crippen molar-refractivity contribution >= 4 is 16.0 Å². The van der Waals surface area contributed by atoms with Gasteiger partial charge in [-0.25, -0.2) is 8.42 Å². The lowest BCUT2D eigenvalue weighted by Crippen LogP contribution is -2.32. The molecule has 6 nitrogen and oxygen atoms in total. The molecular weight excluding hydrogens is 268 g/mol. The number of sulfonamides is 1. The zero-order valence-corrected chi connectivity index (χ0v) is 11.2. The Morgan fingerprint density at radius 2 is 2.16 bits per heavy atom. The van der Waals surface area contributed by atoms with Crippen LogP contribution in [0.25, 0.3) is 0 Å². The van der Waals surface area contributed by atoms with Crippen LogP contribution >= 0.6 is 0 Å². The highest BCUT2D eigenvalue weighted by atomic mass is 32.2. The van der Waals surface area contributed by atoms with Gasteiger partial charge < -0.3 is 5.11 Å². The maximum atomic E-state index is 12.3. The molecule has 1 N–H and O–H groups in total. The van der Waals surface area contributed by atoms with Gasteiger partial charge in [0.2, 0.25) is 10.0 Å². The van der Waals surface area contributed by atoms with Gasteiger partial charge in [-0.05, 0) is 18.2 Å². The molecule has 0 radical (unpaired) electrons. The SMILES string of the molecule is CCN(CCC(=O)O)S(=O)(=O)c1cccc(C#N)c1. The molecule has 0 spiro atoms. The topological polar surface area (TPSA) is 98.5 Å². The first kappa shape index (κ1) is 15.1. The third-order valence-corrected chi connectivity index (χ3v) is 4.50. The molecule has 0 aliphatic heterocycles. The van der Waals surface area contributed by atoms with Crippen molar-refractivity contribution in [2.75, 3.05) is 13.1 Å². The van der Waals surface area contributed by atoms with Crippen LogP contribution in [0.15, 0.2) is 29.2 Å². The second-order valence-electron chi connectivity index (χ2n) is 3.78. The largest absolute Gasteiger partial charge is 0.481 e. The molecule has 1 rings (SSSR count). The maximum absolute atomic E-state index is 12.3. The summed E-state index contributed by atoms with van der Waals surface area (Å²) in [6, 6.07) is 7.52. The molecule has 0 aliphatic rings. The molecule has 0 atom stereocenters. The minimum Gasteiger partial charge on any atom is -0.481 e. The lowest BCUT2D eigenvalue weighted by atomic mass is 10.2. The average Bonchev–Trinajstić information content (AvgIpc) is 2.39. The van der Waals surface area contributed by atoms with Crippen molar-refractivity contribution in [3.8, 4) is 6.07 Å². The summed E-state index contributed by atoms with van der Waals surface area (Å²) in [6.45, 7) is 1.71. The summed E-state index contributed by atoms with van der Waals surface area (Å²) in [6.07, 6.45) is -0.259. The summed E-state index contributed by atoms with van der Waals surface area (Å²) in [5.74, 6) is -1.06. The van der Waals surface area contributed by atoms with Gasteiger partial charge in [0.1, 0.15) is 0 Å². The van der Waals surface area contributed by atoms with E-state index in [2.05, 4.69) is 0 Å². The lowest BCUT2D eigenvalue weighted by Gasteiger charge is -2.19. The summed E-state index contributed by atoms with van der Waals surface area (Å²) in [5, 5.41) is 17.4. The van der Waals surface area contributed by atoms with E-state index in [1.54, 1.807) is 6.92 Å². The Kier molecular flexibility index (Phi) is 5.03. The van der Waals surface area contributed by atoms with Crippen LogP contribution in [0.1, 0.15) is 18.9 Å². The van der Waals surface area contributed by atoms with Gasteiger partial charge >= 0.3 is 5.97 Å². The minimum atomic E-state index is -3.76. The minimum absolute atomic E-state index is 0.00112. The first-order valence-corrected chi connectivity index (χ1v) is 7.08. The van der Waals surface area contributed by atoms with Gasteiger partial charge in [0.25, 0.3) is 0 Å². The number of rotatable bonds is 6. The van der Waals surface area contributed by atoms with Crippen LogP contribution in [0.4, 0.5) is 0 Å². The zero-order valence-electron chi connectivity index (χ0n) is 10.4. The van der Waals surface area contributed by atoms with Crippen LogP contribution in [0.3, 0.4) is 0 Å². The third-order valence-electron chi connectivity index (χ3n) is 2.53. The summed E-state index contributed by atoms with van der Waals surface area (Å²) >= 11 is 0. The molecule has 0 amide bonds. The quantitative estimate of drug-likeness (QED) is 0.840. The number of aliphatic carboxylic acids is 1. The van der Waals surface area contributed by atoms with E-state index in [0.29, 0.717) is 0 Å². The summed E-state index contributed by atoms with van der Waals surface area (Å²) in [5.41, 5.74) is 0.246. The summed E-state index contributed by atoms with van der Waals surface area (Å²) in [4.78, 5) is 10.5. The normalized spacial score (nSPS) is 11.2. The Labute approximate surface area is 111 Å². The number of benzene rings is 1. The second kappa shape index (κ2) is 6.31. The van der Waals surface area contributed by atoms with Gasteiger partial charge in [-0.3, -0.25) is 4.79 Å². The molecule has 0 heterocycles. The maximum Gasteiger partial charge on any atom is 0.304 e. The number of hydrogen-bond acceptors (Lipinski definition) is 4. The van der Waals surface area contributed by atoms with E-state index in [1.165, 1.54) is 24.3 Å². The van der Waals surface area contributed by atoms with E-state index in [1.807, 2.05) is 6.07 Å². The van der Waals surface area contributed by atoms with E-state index < -0.39 is 16.0 Å². The van der Waals surface area contributed by atoms with Crippen molar-refractivity contribution in [2.24, 2.45) is 0 Å². The third kappa shape index (κ3) is 3.77. The van der Waals surface area contributed by atoms with Gasteiger partial charge in [0, 0.05) is 13.1 Å². The lowest BCUT2D eigenvalue weighted by molar-refractivity contribution is -0.137. The number of hydrogen-bond donors (Lipinski definition) is 1. The molecule has 1 aromatic rings. The van der Waals surface area contributed by atoms with Crippen LogP contribution in [0.5, 0.6) is 0 Å². The molecule has 1 aromatic carbocycles. The standard InChI is InChI=1S/C12H14N2O4S/c1-2-14(7-6-12(15)16)19(17,18)11-5-3-4-10(8-11)9-13/h3-5,8H,2,6-7H2,1H3,(H,15,16). The average molecular weight is 282 g/mol. The van der Waals surface area contributed by atoms with E-state index in [9.17, 15) is 13.2 Å². The Balaban J connectivity index is 3.06. The van der Waals surface area contributed by atoms with Gasteiger partial charge in [0.05, 0.1) is 22.9 Å². The summed E-state index contributed by atoms with van der Waals surface area (Å²) < 4.78 is 25.6. The fourth-order valence-electron chi connectivity index (χ4n) is 1.54. The number of nitrogens with zero attached hydrogens (tertiary/aromatic N) is 2. The van der Waals surface area contributed by atoms with Crippen LogP contribution in [-0.2, 0) is 14.8 Å². The predicted octanol–water partition coefficient (Wildman–Crippen LogP) is 1.04. The van der Waals surface area contributed by atoms with E-state index in [-0.39, 0.29) is 30.0 Å². The fourth-order valence-corrected chi connectivity index (χ4v) is 3.04. The molecule has 0 fully saturated rings. The molecule has 0 unspecified atom stereocenters. The highest BCUT2D eigenvalue weighted by Gasteiger charge is 2.23. The van der Waals surface area contributed by atoms with Crippen LogP contribution in [-0.4, -0.2) is 36.9 Å². The first-order valence-electron chi connectivity index (χ1n) is 5.64. The Morgan fingerprint density at radius 1 is 1.47 bits per heavy atom. The van der Waals surface area contributed by atoms with Gasteiger partial charge in [-0.2, -0.15) is 9.57 Å². The fraction of sp³-hybridized carbons (Fsp3) is 0.333. The molecule has 0 bridgehead atoms. The molecule has 0 saturated heterocycles. The van der Waals surface area contributed by atoms with Crippen molar-refractivity contribution in [1.82, 2.24) is 4.31 Å². The monoisotopic (exact) mass is 282 g/mol. The Hall–Kier alpha value is -1.91. The van der Waals surface area contributed by atoms with Crippen LogP contribution in [0, 0.1) is 11.3 Å². The molecule has 7 heteroatoms. The zero-order chi connectivity index (χ0) is 14.5. The highest BCUT2D eigenvalue weighted by Crippen LogP contribution is 2.17. The van der Waals surface area contributed by atoms with E-state index >= 15 is 0 Å². The van der Waals surface area contributed by atoms with Gasteiger partial charge in [0.15, 0.2) is 0 Å². The Bertz CT molecular complexity index is 604. The first-order chi connectivity index (χ1) is 8.91. The van der Waals surface area contributed by atoms with Crippen molar-refractivity contribution < 1.29 is 18.3 Å². The number of carbonyl (C=O) groups is 1. The van der Waals surface area contributed by atoms with Gasteiger partial charge in [-0.15, -0.1) is 0 Å². The molecule has 0 aromatic heterocycles. The van der Waals surface area contributed by atoms with Crippen LogP contribution < -0.4 is 0 Å². The van der Waals surface area contributed by atoms with E-state index in [4.69, 9.17) is 10.4 Å². The van der Waals surface area contributed by atoms with Crippen molar-refractivity contribution in [2.45, 2.75) is 18.2 Å². The molecule has 19 heavy (non-hydrogen) atoms. The Morgan fingerprint density at radius 3 is 2.68 bits per heavy atom. The van der Waals surface area contributed by atoms with E-state index in [0.717, 1.165) is 4.31 Å². The molecule has 102 valence electrons.